The number of hydrogen-bond donors (Lipinski definition) is 1. The number of carbonyl (C=O) groups excluding carboxylic acids is 2. The number of nitrogens with zero attached hydrogens (tertiary/aromatic N) is 3. The van der Waals surface area contributed by atoms with E-state index in [1.807, 2.05) is 61.1 Å². The number of amides is 1. The molecule has 1 N–H and O–H groups in total. The number of ether oxygens (including phenoxy) is 1. The van der Waals surface area contributed by atoms with Crippen LogP contribution in [-0.2, 0) is 16.6 Å². The first-order chi connectivity index (χ1) is 15.7. The van der Waals surface area contributed by atoms with Crippen LogP contribution in [0.4, 0.5) is 0 Å². The summed E-state index contributed by atoms with van der Waals surface area (Å²) in [6.45, 7) is 0.891. The summed E-state index contributed by atoms with van der Waals surface area (Å²) in [6, 6.07) is 11.8. The van der Waals surface area contributed by atoms with Gasteiger partial charge in [0.1, 0.15) is 11.5 Å². The highest BCUT2D eigenvalue weighted by molar-refractivity contribution is 6.47. The zero-order valence-electron chi connectivity index (χ0n) is 19.0. The van der Waals surface area contributed by atoms with E-state index in [2.05, 4.69) is 0 Å². The van der Waals surface area contributed by atoms with Gasteiger partial charge in [0, 0.05) is 48.4 Å². The smallest absolute Gasteiger partial charge is 0.295 e. The van der Waals surface area contributed by atoms with Crippen molar-refractivity contribution in [3.63, 3.8) is 0 Å². The van der Waals surface area contributed by atoms with Gasteiger partial charge < -0.3 is 24.2 Å². The molecule has 1 fully saturated rings. The molecule has 8 heteroatoms. The molecule has 0 aliphatic carbocycles. The molecule has 2 aromatic carbocycles. The molecule has 0 spiro atoms. The normalized spacial score (nSPS) is 18.0. The van der Waals surface area contributed by atoms with Gasteiger partial charge in [-0.05, 0) is 38.4 Å². The Morgan fingerprint density at radius 2 is 1.91 bits per heavy atom. The predicted octanol–water partition coefficient (Wildman–Crippen LogP) is 3.82. The quantitative estimate of drug-likeness (QED) is 0.339. The van der Waals surface area contributed by atoms with Gasteiger partial charge in [0.15, 0.2) is 0 Å². The minimum atomic E-state index is -0.752. The summed E-state index contributed by atoms with van der Waals surface area (Å²) in [5, 5.41) is 12.5. The summed E-state index contributed by atoms with van der Waals surface area (Å²) in [5.74, 6) is -1.22. The van der Waals surface area contributed by atoms with Crippen LogP contribution < -0.4 is 4.74 Å². The van der Waals surface area contributed by atoms with E-state index >= 15 is 0 Å². The maximum absolute atomic E-state index is 13.3. The molecule has 1 aromatic heterocycles. The number of ketones is 1. The molecule has 1 saturated heterocycles. The molecule has 0 saturated carbocycles. The second kappa shape index (κ2) is 8.92. The van der Waals surface area contributed by atoms with Gasteiger partial charge >= 0.3 is 0 Å². The van der Waals surface area contributed by atoms with Crippen molar-refractivity contribution in [2.24, 2.45) is 7.05 Å². The summed E-state index contributed by atoms with van der Waals surface area (Å²) in [4.78, 5) is 29.9. The van der Waals surface area contributed by atoms with Gasteiger partial charge in [-0.3, -0.25) is 9.59 Å². The number of aryl methyl sites for hydroxylation is 1. The highest BCUT2D eigenvalue weighted by Gasteiger charge is 2.47. The maximum Gasteiger partial charge on any atom is 0.295 e. The molecule has 33 heavy (non-hydrogen) atoms. The topological polar surface area (TPSA) is 75.0 Å². The first kappa shape index (κ1) is 22.9. The highest BCUT2D eigenvalue weighted by atomic mass is 35.5. The van der Waals surface area contributed by atoms with Crippen LogP contribution in [0.2, 0.25) is 5.02 Å². The SMILES string of the molecule is COc1ccc(Cl)c(/C(O)=C2\C(=O)C(=O)N(CCN(C)C)C2c2cn(C)c3ccccc23)c1. The molecule has 2 heterocycles. The summed E-state index contributed by atoms with van der Waals surface area (Å²) < 4.78 is 7.22. The summed E-state index contributed by atoms with van der Waals surface area (Å²) in [6.07, 6.45) is 1.91. The van der Waals surface area contributed by atoms with E-state index in [1.165, 1.54) is 12.0 Å². The van der Waals surface area contributed by atoms with Gasteiger partial charge in [-0.1, -0.05) is 29.8 Å². The number of Topliss-reactive ketones (excluding diaryl/α,β-unsaturated/α-hetero) is 1. The van der Waals surface area contributed by atoms with Crippen LogP contribution in [0, 0.1) is 0 Å². The number of halogens is 1. The molecule has 1 amide bonds. The van der Waals surface area contributed by atoms with Crippen LogP contribution in [-0.4, -0.2) is 65.5 Å². The Kier molecular flexibility index (Phi) is 6.19. The fourth-order valence-corrected chi connectivity index (χ4v) is 4.50. The van der Waals surface area contributed by atoms with Gasteiger partial charge in [-0.2, -0.15) is 0 Å². The van der Waals surface area contributed by atoms with Crippen molar-refractivity contribution >= 4 is 40.0 Å². The molecule has 7 nitrogen and oxygen atoms in total. The Morgan fingerprint density at radius 3 is 2.61 bits per heavy atom. The van der Waals surface area contributed by atoms with Crippen molar-refractivity contribution in [2.45, 2.75) is 6.04 Å². The lowest BCUT2D eigenvalue weighted by molar-refractivity contribution is -0.140. The van der Waals surface area contributed by atoms with Crippen LogP contribution in [0.3, 0.4) is 0 Å². The van der Waals surface area contributed by atoms with Gasteiger partial charge in [-0.25, -0.2) is 0 Å². The van der Waals surface area contributed by atoms with Gasteiger partial charge in [0.25, 0.3) is 11.7 Å². The van der Waals surface area contributed by atoms with E-state index in [0.717, 1.165) is 16.5 Å². The van der Waals surface area contributed by atoms with Gasteiger partial charge in [0.05, 0.1) is 23.7 Å². The number of rotatable bonds is 6. The average molecular weight is 468 g/mol. The van der Waals surface area contributed by atoms with Gasteiger partial charge in [0.2, 0.25) is 0 Å². The van der Waals surface area contributed by atoms with Crippen molar-refractivity contribution in [1.82, 2.24) is 14.4 Å². The standard InChI is InChI=1S/C25H26ClN3O4/c1-27(2)11-12-29-22(18-14-28(3)20-8-6-5-7-16(18)20)21(24(31)25(29)32)23(30)17-13-15(33-4)9-10-19(17)26/h5-10,13-14,22,30H,11-12H2,1-4H3/b23-21+. The Bertz CT molecular complexity index is 1280. The van der Waals surface area contributed by atoms with Crippen LogP contribution in [0.25, 0.3) is 16.7 Å². The number of likely N-dealkylation sites (N-methyl/N-ethyl adjacent to an activating group) is 1. The lowest BCUT2D eigenvalue weighted by Crippen LogP contribution is -2.35. The van der Waals surface area contributed by atoms with Crippen molar-refractivity contribution in [3.05, 3.63) is 70.4 Å². The first-order valence-corrected chi connectivity index (χ1v) is 10.9. The second-order valence-electron chi connectivity index (χ2n) is 8.35. The Labute approximate surface area is 197 Å². The molecule has 0 radical (unpaired) electrons. The third kappa shape index (κ3) is 3.98. The van der Waals surface area contributed by atoms with Crippen molar-refractivity contribution in [3.8, 4) is 5.75 Å². The number of aliphatic hydroxyl groups is 1. The zero-order valence-corrected chi connectivity index (χ0v) is 19.8. The summed E-state index contributed by atoms with van der Waals surface area (Å²) >= 11 is 6.37. The predicted molar refractivity (Wildman–Crippen MR) is 128 cm³/mol. The van der Waals surface area contributed by atoms with Crippen LogP contribution in [0.5, 0.6) is 5.75 Å². The van der Waals surface area contributed by atoms with E-state index in [-0.39, 0.29) is 21.9 Å². The number of aliphatic hydroxyl groups excluding tert-OH is 1. The molecule has 1 unspecified atom stereocenters. The zero-order chi connectivity index (χ0) is 23.9. The molecule has 172 valence electrons. The van der Waals surface area contributed by atoms with Crippen molar-refractivity contribution < 1.29 is 19.4 Å². The Hall–Kier alpha value is -3.29. The van der Waals surface area contributed by atoms with Gasteiger partial charge in [-0.15, -0.1) is 0 Å². The molecular formula is C25H26ClN3O4. The molecule has 1 aliphatic rings. The third-order valence-electron chi connectivity index (χ3n) is 5.98. The lowest BCUT2D eigenvalue weighted by atomic mass is 9.95. The second-order valence-corrected chi connectivity index (χ2v) is 8.76. The number of para-hydroxylation sites is 1. The van der Waals surface area contributed by atoms with Crippen LogP contribution in [0.15, 0.2) is 54.2 Å². The van der Waals surface area contributed by atoms with Crippen LogP contribution >= 0.6 is 11.6 Å². The fraction of sp³-hybridized carbons (Fsp3) is 0.280. The first-order valence-electron chi connectivity index (χ1n) is 10.6. The number of carbonyl (C=O) groups is 2. The maximum atomic E-state index is 13.3. The summed E-state index contributed by atoms with van der Waals surface area (Å²) in [7, 11) is 7.22. The third-order valence-corrected chi connectivity index (χ3v) is 6.31. The average Bonchev–Trinajstić information content (AvgIpc) is 3.26. The molecule has 4 rings (SSSR count). The number of methoxy groups -OCH3 is 1. The largest absolute Gasteiger partial charge is 0.507 e. The lowest BCUT2D eigenvalue weighted by Gasteiger charge is -2.26. The van der Waals surface area contributed by atoms with E-state index in [9.17, 15) is 14.7 Å². The molecule has 3 aromatic rings. The number of hydrogen-bond acceptors (Lipinski definition) is 5. The molecule has 0 bridgehead atoms. The Morgan fingerprint density at radius 1 is 1.18 bits per heavy atom. The fourth-order valence-electron chi connectivity index (χ4n) is 4.29. The van der Waals surface area contributed by atoms with Crippen LogP contribution in [0.1, 0.15) is 17.2 Å². The number of likely N-dealkylation sites (tertiary alicyclic amines) is 1. The highest BCUT2D eigenvalue weighted by Crippen LogP contribution is 2.43. The van der Waals surface area contributed by atoms with Crippen molar-refractivity contribution in [1.29, 1.82) is 0 Å². The van der Waals surface area contributed by atoms with E-state index in [1.54, 1.807) is 18.2 Å². The minimum absolute atomic E-state index is 0.0188. The Balaban J connectivity index is 1.97. The minimum Gasteiger partial charge on any atom is -0.507 e. The molecular weight excluding hydrogens is 442 g/mol. The number of aromatic nitrogens is 1. The number of fused-ring (bicyclic) bond motifs is 1. The molecule has 1 atom stereocenters. The van der Waals surface area contributed by atoms with E-state index in [0.29, 0.717) is 18.8 Å². The van der Waals surface area contributed by atoms with E-state index in [4.69, 9.17) is 16.3 Å². The summed E-state index contributed by atoms with van der Waals surface area (Å²) in [5.41, 5.74) is 1.99. The molecule has 1 aliphatic heterocycles. The van der Waals surface area contributed by atoms with Crippen molar-refractivity contribution in [2.75, 3.05) is 34.3 Å². The monoisotopic (exact) mass is 467 g/mol. The number of benzene rings is 2. The van der Waals surface area contributed by atoms with E-state index < -0.39 is 17.7 Å².